The Morgan fingerprint density at radius 1 is 1.00 bits per heavy atom. The zero-order valence-electron chi connectivity index (χ0n) is 17.8. The molecule has 0 aliphatic heterocycles. The van der Waals surface area contributed by atoms with Gasteiger partial charge < -0.3 is 14.8 Å². The topological polar surface area (TPSA) is 93.7 Å². The molecule has 3 rings (SSSR count). The summed E-state index contributed by atoms with van der Waals surface area (Å²) in [6, 6.07) is 17.3. The van der Waals surface area contributed by atoms with E-state index in [-0.39, 0.29) is 34.2 Å². The number of nitrogens with one attached hydrogen (secondary N) is 2. The Hall–Kier alpha value is -2.94. The molecule has 0 unspecified atom stereocenters. The van der Waals surface area contributed by atoms with Crippen molar-refractivity contribution >= 4 is 44.8 Å². The van der Waals surface area contributed by atoms with E-state index in [1.807, 2.05) is 31.2 Å². The molecule has 0 heterocycles. The average molecular weight is 509 g/mol. The number of hydrogen-bond acceptors (Lipinski definition) is 5. The molecular formula is C23H22Cl2N2O5S. The maximum absolute atomic E-state index is 12.6. The standard InChI is InChI=1S/C23H22Cl2N2O5S/c1-15(16-3-9-19(31-2)10-4-16)26-23(28)14-32-22-12-11-20(13-21(22)25)33(29,30)27-18-7-5-17(24)6-8-18/h3-13,15,27H,14H2,1-2H3,(H,26,28)/t15-/m1/s1. The fraction of sp³-hybridized carbons (Fsp3) is 0.174. The van der Waals surface area contributed by atoms with Crippen molar-refractivity contribution in [3.63, 3.8) is 0 Å². The first-order valence-electron chi connectivity index (χ1n) is 9.82. The van der Waals surface area contributed by atoms with Crippen LogP contribution in [0.4, 0.5) is 5.69 Å². The van der Waals surface area contributed by atoms with E-state index < -0.39 is 10.0 Å². The predicted octanol–water partition coefficient (Wildman–Crippen LogP) is 5.06. The average Bonchev–Trinajstić information content (AvgIpc) is 2.79. The summed E-state index contributed by atoms with van der Waals surface area (Å²) in [5, 5.41) is 3.38. The SMILES string of the molecule is COc1ccc([C@@H](C)NC(=O)COc2ccc(S(=O)(=O)Nc3ccc(Cl)cc3)cc2Cl)cc1. The van der Waals surface area contributed by atoms with E-state index >= 15 is 0 Å². The van der Waals surface area contributed by atoms with Gasteiger partial charge in [0.15, 0.2) is 6.61 Å². The van der Waals surface area contributed by atoms with Crippen LogP contribution in [-0.4, -0.2) is 28.0 Å². The summed E-state index contributed by atoms with van der Waals surface area (Å²) in [5.41, 5.74) is 1.27. The summed E-state index contributed by atoms with van der Waals surface area (Å²) in [6.45, 7) is 1.56. The lowest BCUT2D eigenvalue weighted by Gasteiger charge is -2.16. The van der Waals surface area contributed by atoms with Crippen molar-refractivity contribution in [3.8, 4) is 11.5 Å². The Kier molecular flexibility index (Phi) is 8.07. The zero-order valence-corrected chi connectivity index (χ0v) is 20.2. The first-order chi connectivity index (χ1) is 15.7. The Labute approximate surface area is 202 Å². The number of rotatable bonds is 9. The molecule has 33 heavy (non-hydrogen) atoms. The van der Waals surface area contributed by atoms with Gasteiger partial charge in [0.1, 0.15) is 11.5 Å². The molecular weight excluding hydrogens is 487 g/mol. The van der Waals surface area contributed by atoms with Crippen LogP contribution in [0.1, 0.15) is 18.5 Å². The zero-order chi connectivity index (χ0) is 24.0. The normalized spacial score (nSPS) is 12.0. The number of benzene rings is 3. The number of halogens is 2. The highest BCUT2D eigenvalue weighted by Crippen LogP contribution is 2.28. The van der Waals surface area contributed by atoms with E-state index in [0.29, 0.717) is 10.7 Å². The maximum Gasteiger partial charge on any atom is 0.261 e. The molecule has 10 heteroatoms. The summed E-state index contributed by atoms with van der Waals surface area (Å²) in [4.78, 5) is 12.2. The molecule has 3 aromatic carbocycles. The molecule has 7 nitrogen and oxygen atoms in total. The minimum Gasteiger partial charge on any atom is -0.497 e. The van der Waals surface area contributed by atoms with Gasteiger partial charge in [-0.1, -0.05) is 35.3 Å². The van der Waals surface area contributed by atoms with Crippen molar-refractivity contribution in [2.45, 2.75) is 17.9 Å². The number of anilines is 1. The quantitative estimate of drug-likeness (QED) is 0.421. The summed E-state index contributed by atoms with van der Waals surface area (Å²) in [6.07, 6.45) is 0. The molecule has 1 atom stereocenters. The van der Waals surface area contributed by atoms with Crippen molar-refractivity contribution in [1.29, 1.82) is 0 Å². The Bertz CT molecular complexity index is 1220. The smallest absolute Gasteiger partial charge is 0.261 e. The number of hydrogen-bond donors (Lipinski definition) is 2. The summed E-state index contributed by atoms with van der Waals surface area (Å²) in [7, 11) is -2.29. The van der Waals surface area contributed by atoms with E-state index in [2.05, 4.69) is 10.0 Å². The van der Waals surface area contributed by atoms with Gasteiger partial charge in [0, 0.05) is 10.7 Å². The highest BCUT2D eigenvalue weighted by molar-refractivity contribution is 7.92. The molecule has 0 bridgehead atoms. The van der Waals surface area contributed by atoms with Crippen molar-refractivity contribution in [2.75, 3.05) is 18.4 Å². The third-order valence-electron chi connectivity index (χ3n) is 4.66. The minimum absolute atomic E-state index is 0.0487. The van der Waals surface area contributed by atoms with Crippen molar-refractivity contribution in [1.82, 2.24) is 5.32 Å². The number of ether oxygens (including phenoxy) is 2. The molecule has 0 fully saturated rings. The van der Waals surface area contributed by atoms with Crippen LogP contribution in [0.2, 0.25) is 10.0 Å². The number of carbonyl (C=O) groups is 1. The van der Waals surface area contributed by atoms with E-state index in [1.54, 1.807) is 31.4 Å². The number of carbonyl (C=O) groups excluding carboxylic acids is 1. The lowest BCUT2D eigenvalue weighted by molar-refractivity contribution is -0.123. The molecule has 0 aliphatic rings. The minimum atomic E-state index is -3.87. The van der Waals surface area contributed by atoms with Crippen LogP contribution in [0.5, 0.6) is 11.5 Å². The van der Waals surface area contributed by atoms with Crippen molar-refractivity contribution in [2.24, 2.45) is 0 Å². The third kappa shape index (κ3) is 6.77. The third-order valence-corrected chi connectivity index (χ3v) is 6.59. The highest BCUT2D eigenvalue weighted by Gasteiger charge is 2.17. The van der Waals surface area contributed by atoms with Gasteiger partial charge in [-0.25, -0.2) is 8.42 Å². The molecule has 2 N–H and O–H groups in total. The molecule has 0 radical (unpaired) electrons. The van der Waals surface area contributed by atoms with Gasteiger partial charge in [-0.2, -0.15) is 0 Å². The number of amides is 1. The van der Waals surface area contributed by atoms with Crippen LogP contribution >= 0.6 is 23.2 Å². The van der Waals surface area contributed by atoms with Gasteiger partial charge in [-0.05, 0) is 67.1 Å². The van der Waals surface area contributed by atoms with Crippen LogP contribution in [-0.2, 0) is 14.8 Å². The van der Waals surface area contributed by atoms with Crippen LogP contribution in [0.15, 0.2) is 71.6 Å². The maximum atomic E-state index is 12.6. The molecule has 0 saturated heterocycles. The molecule has 0 aliphatic carbocycles. The van der Waals surface area contributed by atoms with Crippen LogP contribution in [0, 0.1) is 0 Å². The van der Waals surface area contributed by atoms with Gasteiger partial charge in [0.05, 0.1) is 23.1 Å². The first kappa shape index (κ1) is 24.7. The lowest BCUT2D eigenvalue weighted by atomic mass is 10.1. The molecule has 174 valence electrons. The van der Waals surface area contributed by atoms with Crippen molar-refractivity contribution in [3.05, 3.63) is 82.3 Å². The summed E-state index contributed by atoms with van der Waals surface area (Å²) in [5.74, 6) is 0.564. The Morgan fingerprint density at radius 2 is 1.67 bits per heavy atom. The fourth-order valence-corrected chi connectivity index (χ4v) is 4.41. The summed E-state index contributed by atoms with van der Waals surface area (Å²) < 4.78 is 38.2. The molecule has 0 aromatic heterocycles. The monoisotopic (exact) mass is 508 g/mol. The molecule has 0 saturated carbocycles. The van der Waals surface area contributed by atoms with Crippen LogP contribution in [0.3, 0.4) is 0 Å². The Balaban J connectivity index is 1.59. The summed E-state index contributed by atoms with van der Waals surface area (Å²) >= 11 is 12.0. The second-order valence-electron chi connectivity index (χ2n) is 7.06. The van der Waals surface area contributed by atoms with E-state index in [0.717, 1.165) is 11.3 Å². The van der Waals surface area contributed by atoms with Gasteiger partial charge in [-0.3, -0.25) is 9.52 Å². The van der Waals surface area contributed by atoms with Crippen molar-refractivity contribution < 1.29 is 22.7 Å². The second-order valence-corrected chi connectivity index (χ2v) is 9.58. The van der Waals surface area contributed by atoms with Gasteiger partial charge in [0.2, 0.25) is 0 Å². The van der Waals surface area contributed by atoms with Crippen LogP contribution in [0.25, 0.3) is 0 Å². The number of methoxy groups -OCH3 is 1. The second kappa shape index (κ2) is 10.8. The number of sulfonamides is 1. The van der Waals surface area contributed by atoms with E-state index in [1.165, 1.54) is 18.2 Å². The van der Waals surface area contributed by atoms with E-state index in [9.17, 15) is 13.2 Å². The first-order valence-corrected chi connectivity index (χ1v) is 12.1. The van der Waals surface area contributed by atoms with Crippen LogP contribution < -0.4 is 19.5 Å². The van der Waals surface area contributed by atoms with E-state index in [4.69, 9.17) is 32.7 Å². The fourth-order valence-electron chi connectivity index (χ4n) is 2.90. The molecule has 1 amide bonds. The Morgan fingerprint density at radius 3 is 2.27 bits per heavy atom. The highest BCUT2D eigenvalue weighted by atomic mass is 35.5. The largest absolute Gasteiger partial charge is 0.497 e. The molecule has 0 spiro atoms. The molecule has 3 aromatic rings. The lowest BCUT2D eigenvalue weighted by Crippen LogP contribution is -2.31. The van der Waals surface area contributed by atoms with Gasteiger partial charge >= 0.3 is 0 Å². The van der Waals surface area contributed by atoms with Gasteiger partial charge in [0.25, 0.3) is 15.9 Å². The van der Waals surface area contributed by atoms with Gasteiger partial charge in [-0.15, -0.1) is 0 Å². The predicted molar refractivity (Wildman–Crippen MR) is 129 cm³/mol.